The lowest BCUT2D eigenvalue weighted by Crippen LogP contribution is -2.52. The zero-order chi connectivity index (χ0) is 20.4. The Balaban J connectivity index is 1.38. The van der Waals surface area contributed by atoms with Crippen LogP contribution in [0.4, 0.5) is 11.4 Å². The van der Waals surface area contributed by atoms with Crippen LogP contribution in [0.25, 0.3) is 0 Å². The molecule has 7 heteroatoms. The van der Waals surface area contributed by atoms with Gasteiger partial charge in [-0.3, -0.25) is 9.59 Å². The van der Waals surface area contributed by atoms with Crippen molar-refractivity contribution in [1.82, 2.24) is 14.7 Å². The lowest BCUT2D eigenvalue weighted by atomic mass is 9.95. The fourth-order valence-electron chi connectivity index (χ4n) is 4.39. The summed E-state index contributed by atoms with van der Waals surface area (Å²) in [6, 6.07) is 10.0. The van der Waals surface area contributed by atoms with Crippen LogP contribution < -0.4 is 15.4 Å². The van der Waals surface area contributed by atoms with E-state index in [1.165, 1.54) is 15.9 Å². The van der Waals surface area contributed by atoms with Crippen LogP contribution in [0.3, 0.4) is 0 Å². The van der Waals surface area contributed by atoms with E-state index in [2.05, 4.69) is 46.1 Å². The highest BCUT2D eigenvalue weighted by Crippen LogP contribution is 2.25. The van der Waals surface area contributed by atoms with Crippen molar-refractivity contribution in [2.45, 2.75) is 19.8 Å². The lowest BCUT2D eigenvalue weighted by molar-refractivity contribution is -0.136. The van der Waals surface area contributed by atoms with Gasteiger partial charge in [0.2, 0.25) is 5.91 Å². The van der Waals surface area contributed by atoms with E-state index in [0.29, 0.717) is 6.54 Å². The highest BCUT2D eigenvalue weighted by Gasteiger charge is 2.31. The first-order valence-electron chi connectivity index (χ1n) is 10.4. The van der Waals surface area contributed by atoms with Gasteiger partial charge in [0.15, 0.2) is 0 Å². The number of aromatic nitrogens is 2. The minimum absolute atomic E-state index is 0.0159. The molecule has 0 spiro atoms. The molecular formula is C22H29N5O2. The van der Waals surface area contributed by atoms with E-state index >= 15 is 0 Å². The topological polar surface area (TPSA) is 61.7 Å². The van der Waals surface area contributed by atoms with E-state index in [1.807, 2.05) is 4.90 Å². The number of anilines is 2. The molecule has 7 nitrogen and oxygen atoms in total. The molecule has 29 heavy (non-hydrogen) atoms. The summed E-state index contributed by atoms with van der Waals surface area (Å²) >= 11 is 0. The number of aryl methyl sites for hydroxylation is 2. The second kappa shape index (κ2) is 8.27. The number of rotatable bonds is 3. The lowest BCUT2D eigenvalue weighted by Gasteiger charge is -2.40. The van der Waals surface area contributed by atoms with Gasteiger partial charge >= 0.3 is 0 Å². The van der Waals surface area contributed by atoms with Gasteiger partial charge in [0.05, 0.1) is 17.8 Å². The Hall–Kier alpha value is -2.83. The molecule has 1 aromatic heterocycles. The van der Waals surface area contributed by atoms with Crippen LogP contribution in [0.2, 0.25) is 0 Å². The molecular weight excluding hydrogens is 366 g/mol. The van der Waals surface area contributed by atoms with Gasteiger partial charge in [-0.05, 0) is 31.4 Å². The molecule has 1 aromatic carbocycles. The second-order valence-corrected chi connectivity index (χ2v) is 8.06. The zero-order valence-corrected chi connectivity index (χ0v) is 17.3. The number of carbonyl (C=O) groups excluding carboxylic acids is 1. The summed E-state index contributed by atoms with van der Waals surface area (Å²) < 4.78 is 1.32. The van der Waals surface area contributed by atoms with Crippen molar-refractivity contribution in [3.05, 3.63) is 52.4 Å². The highest BCUT2D eigenvalue weighted by molar-refractivity contribution is 5.80. The highest BCUT2D eigenvalue weighted by atomic mass is 16.2. The summed E-state index contributed by atoms with van der Waals surface area (Å²) in [4.78, 5) is 31.6. The van der Waals surface area contributed by atoms with Gasteiger partial charge in [-0.15, -0.1) is 0 Å². The molecule has 154 valence electrons. The molecule has 4 rings (SSSR count). The first kappa shape index (κ1) is 19.5. The summed E-state index contributed by atoms with van der Waals surface area (Å²) in [5.74, 6) is 0.230. The molecule has 0 saturated carbocycles. The molecule has 2 aliphatic rings. The fraction of sp³-hybridized carbons (Fsp3) is 0.500. The molecule has 3 heterocycles. The van der Waals surface area contributed by atoms with E-state index in [9.17, 15) is 9.59 Å². The van der Waals surface area contributed by atoms with Gasteiger partial charge in [-0.2, -0.15) is 5.10 Å². The summed E-state index contributed by atoms with van der Waals surface area (Å²) in [7, 11) is 1.64. The Kier molecular flexibility index (Phi) is 5.56. The maximum Gasteiger partial charge on any atom is 0.268 e. The van der Waals surface area contributed by atoms with Crippen LogP contribution in [0.1, 0.15) is 18.4 Å². The standard InChI is InChI=1S/C22H29N5O2/c1-17-6-3-4-8-20(17)25-10-12-26(13-11-25)22(29)18-7-5-9-27(16-18)19-14-21(28)24(2)23-15-19/h3-4,6,8,14-15,18H,5,7,9-13,16H2,1-2H3/t18-/m1/s1. The third-order valence-electron chi connectivity index (χ3n) is 6.14. The van der Waals surface area contributed by atoms with E-state index < -0.39 is 0 Å². The minimum atomic E-state index is -0.122. The van der Waals surface area contributed by atoms with Gasteiger partial charge in [0.25, 0.3) is 5.56 Å². The number of para-hydroxylation sites is 1. The third kappa shape index (κ3) is 4.13. The van der Waals surface area contributed by atoms with Crippen LogP contribution >= 0.6 is 0 Å². The van der Waals surface area contributed by atoms with E-state index in [-0.39, 0.29) is 17.4 Å². The van der Waals surface area contributed by atoms with Gasteiger partial charge in [0, 0.05) is 58.1 Å². The number of benzene rings is 1. The summed E-state index contributed by atoms with van der Waals surface area (Å²) in [5.41, 5.74) is 3.23. The molecule has 0 unspecified atom stereocenters. The summed E-state index contributed by atoms with van der Waals surface area (Å²) in [6.45, 7) is 6.91. The zero-order valence-electron chi connectivity index (χ0n) is 17.3. The summed E-state index contributed by atoms with van der Waals surface area (Å²) in [5, 5.41) is 4.12. The number of hydrogen-bond acceptors (Lipinski definition) is 5. The SMILES string of the molecule is Cc1ccccc1N1CCN(C(=O)[C@@H]2CCCN(c3cnn(C)c(=O)c3)C2)CC1. The average Bonchev–Trinajstić information content (AvgIpc) is 2.76. The van der Waals surface area contributed by atoms with E-state index in [4.69, 9.17) is 0 Å². The van der Waals surface area contributed by atoms with E-state index in [0.717, 1.165) is 51.3 Å². The maximum absolute atomic E-state index is 13.2. The van der Waals surface area contributed by atoms with Crippen LogP contribution in [-0.4, -0.2) is 59.9 Å². The van der Waals surface area contributed by atoms with Crippen molar-refractivity contribution in [1.29, 1.82) is 0 Å². The van der Waals surface area contributed by atoms with Crippen molar-refractivity contribution in [3.8, 4) is 0 Å². The Bertz CT molecular complexity index is 933. The van der Waals surface area contributed by atoms with Gasteiger partial charge in [0.1, 0.15) is 0 Å². The smallest absolute Gasteiger partial charge is 0.268 e. The monoisotopic (exact) mass is 395 g/mol. The quantitative estimate of drug-likeness (QED) is 0.791. The van der Waals surface area contributed by atoms with Crippen LogP contribution in [-0.2, 0) is 11.8 Å². The molecule has 2 aromatic rings. The molecule has 2 fully saturated rings. The predicted octanol–water partition coefficient (Wildman–Crippen LogP) is 1.65. The third-order valence-corrected chi connectivity index (χ3v) is 6.14. The Labute approximate surface area is 171 Å². The summed E-state index contributed by atoms with van der Waals surface area (Å²) in [6.07, 6.45) is 3.58. The van der Waals surface area contributed by atoms with Crippen molar-refractivity contribution >= 4 is 17.3 Å². The molecule has 0 bridgehead atoms. The predicted molar refractivity (Wildman–Crippen MR) is 114 cm³/mol. The Morgan fingerprint density at radius 1 is 1.07 bits per heavy atom. The first-order valence-corrected chi connectivity index (χ1v) is 10.4. The molecule has 0 N–H and O–H groups in total. The number of carbonyl (C=O) groups is 1. The normalized spacial score (nSPS) is 20.1. The van der Waals surface area contributed by atoms with Gasteiger partial charge in [-0.25, -0.2) is 4.68 Å². The van der Waals surface area contributed by atoms with Crippen LogP contribution in [0, 0.1) is 12.8 Å². The average molecular weight is 396 g/mol. The molecule has 2 aliphatic heterocycles. The molecule has 0 aliphatic carbocycles. The molecule has 2 saturated heterocycles. The number of amides is 1. The first-order chi connectivity index (χ1) is 14.0. The van der Waals surface area contributed by atoms with Gasteiger partial charge < -0.3 is 14.7 Å². The minimum Gasteiger partial charge on any atom is -0.369 e. The van der Waals surface area contributed by atoms with Gasteiger partial charge in [-0.1, -0.05) is 18.2 Å². The molecule has 1 atom stereocenters. The van der Waals surface area contributed by atoms with Crippen molar-refractivity contribution in [3.63, 3.8) is 0 Å². The Morgan fingerprint density at radius 3 is 2.55 bits per heavy atom. The van der Waals surface area contributed by atoms with Crippen molar-refractivity contribution in [2.75, 3.05) is 49.1 Å². The fourth-order valence-corrected chi connectivity index (χ4v) is 4.39. The molecule has 0 radical (unpaired) electrons. The maximum atomic E-state index is 13.2. The second-order valence-electron chi connectivity index (χ2n) is 8.06. The number of nitrogens with zero attached hydrogens (tertiary/aromatic N) is 5. The molecule has 1 amide bonds. The number of hydrogen-bond donors (Lipinski definition) is 0. The number of piperazine rings is 1. The largest absolute Gasteiger partial charge is 0.369 e. The van der Waals surface area contributed by atoms with Crippen LogP contribution in [0.5, 0.6) is 0 Å². The number of piperidine rings is 1. The Morgan fingerprint density at radius 2 is 1.83 bits per heavy atom. The van der Waals surface area contributed by atoms with E-state index in [1.54, 1.807) is 19.3 Å². The van der Waals surface area contributed by atoms with Crippen LogP contribution in [0.15, 0.2) is 41.3 Å². The van der Waals surface area contributed by atoms with Crippen molar-refractivity contribution < 1.29 is 4.79 Å². The van der Waals surface area contributed by atoms with Crippen molar-refractivity contribution in [2.24, 2.45) is 13.0 Å².